The van der Waals surface area contributed by atoms with E-state index in [-0.39, 0.29) is 24.8 Å². The highest BCUT2D eigenvalue weighted by molar-refractivity contribution is 9.10. The monoisotopic (exact) mass is 423 g/mol. The Balaban J connectivity index is 1.42. The number of ether oxygens (including phenoxy) is 1. The van der Waals surface area contributed by atoms with Gasteiger partial charge in [0.2, 0.25) is 0 Å². The van der Waals surface area contributed by atoms with Gasteiger partial charge in [0.1, 0.15) is 12.4 Å². The Morgan fingerprint density at radius 2 is 1.63 bits per heavy atom. The molecule has 1 aliphatic carbocycles. The second-order valence-corrected chi connectivity index (χ2v) is 7.37. The number of carbonyl (C=O) groups is 1. The van der Waals surface area contributed by atoms with E-state index in [1.54, 1.807) is 12.1 Å². The molecule has 4 rings (SSSR count). The number of alkyl carbamates (subject to hydrolysis) is 1. The number of rotatable bonds is 4. The fourth-order valence-electron chi connectivity index (χ4n) is 3.50. The molecule has 5 heteroatoms. The third kappa shape index (κ3) is 3.55. The lowest BCUT2D eigenvalue weighted by molar-refractivity contribution is 0.142. The lowest BCUT2D eigenvalue weighted by Crippen LogP contribution is -2.25. The molecule has 0 radical (unpaired) electrons. The predicted octanol–water partition coefficient (Wildman–Crippen LogP) is 5.19. The van der Waals surface area contributed by atoms with Crippen molar-refractivity contribution < 1.29 is 14.6 Å². The van der Waals surface area contributed by atoms with E-state index in [0.29, 0.717) is 5.56 Å². The average molecular weight is 424 g/mol. The second kappa shape index (κ2) is 7.45. The maximum absolute atomic E-state index is 12.2. The third-order valence-corrected chi connectivity index (χ3v) is 5.31. The standard InChI is InChI=1S/C22H18BrNO3/c23-15-10-9-14(21(25)11-15)12-24-22(26)27-13-20-18-7-3-1-5-16(18)17-6-2-4-8-19(17)20/h1-11,20,25H,12-13H2,(H,24,26). The van der Waals surface area contributed by atoms with Crippen molar-refractivity contribution in [2.45, 2.75) is 12.5 Å². The van der Waals surface area contributed by atoms with Crippen LogP contribution in [-0.4, -0.2) is 17.8 Å². The first kappa shape index (κ1) is 17.6. The third-order valence-electron chi connectivity index (χ3n) is 4.81. The summed E-state index contributed by atoms with van der Waals surface area (Å²) in [4.78, 5) is 12.2. The molecular weight excluding hydrogens is 406 g/mol. The molecule has 0 saturated carbocycles. The van der Waals surface area contributed by atoms with E-state index in [4.69, 9.17) is 4.74 Å². The maximum Gasteiger partial charge on any atom is 0.407 e. The van der Waals surface area contributed by atoms with Crippen LogP contribution < -0.4 is 5.32 Å². The number of aromatic hydroxyl groups is 1. The number of benzene rings is 3. The minimum atomic E-state index is -0.501. The van der Waals surface area contributed by atoms with Crippen molar-refractivity contribution in [3.05, 3.63) is 87.9 Å². The van der Waals surface area contributed by atoms with E-state index in [0.717, 1.165) is 4.47 Å². The van der Waals surface area contributed by atoms with Gasteiger partial charge in [-0.1, -0.05) is 70.5 Å². The number of hydrogen-bond acceptors (Lipinski definition) is 3. The Hall–Kier alpha value is -2.79. The highest BCUT2D eigenvalue weighted by atomic mass is 79.9. The molecule has 0 spiro atoms. The summed E-state index contributed by atoms with van der Waals surface area (Å²) >= 11 is 3.29. The van der Waals surface area contributed by atoms with E-state index >= 15 is 0 Å². The molecule has 0 atom stereocenters. The van der Waals surface area contributed by atoms with Crippen LogP contribution in [0, 0.1) is 0 Å². The van der Waals surface area contributed by atoms with Crippen LogP contribution in [0.3, 0.4) is 0 Å². The van der Waals surface area contributed by atoms with E-state index < -0.39 is 6.09 Å². The van der Waals surface area contributed by atoms with E-state index in [9.17, 15) is 9.90 Å². The van der Waals surface area contributed by atoms with Crippen LogP contribution >= 0.6 is 15.9 Å². The lowest BCUT2D eigenvalue weighted by atomic mass is 9.98. The molecule has 0 unspecified atom stereocenters. The Labute approximate surface area is 165 Å². The van der Waals surface area contributed by atoms with Gasteiger partial charge in [0.05, 0.1) is 0 Å². The molecule has 27 heavy (non-hydrogen) atoms. The summed E-state index contributed by atoms with van der Waals surface area (Å²) in [6.45, 7) is 0.474. The van der Waals surface area contributed by atoms with Crippen molar-refractivity contribution in [1.29, 1.82) is 0 Å². The maximum atomic E-state index is 12.2. The summed E-state index contributed by atoms with van der Waals surface area (Å²) in [5, 5.41) is 12.6. The zero-order valence-corrected chi connectivity index (χ0v) is 16.1. The van der Waals surface area contributed by atoms with Gasteiger partial charge in [-0.05, 0) is 34.4 Å². The van der Waals surface area contributed by atoms with Gasteiger partial charge in [0.15, 0.2) is 0 Å². The van der Waals surface area contributed by atoms with Gasteiger partial charge < -0.3 is 15.2 Å². The number of phenols is 1. The number of fused-ring (bicyclic) bond motifs is 3. The number of hydrogen-bond donors (Lipinski definition) is 2. The van der Waals surface area contributed by atoms with Crippen LogP contribution in [0.15, 0.2) is 71.2 Å². The van der Waals surface area contributed by atoms with Crippen LogP contribution in [0.2, 0.25) is 0 Å². The van der Waals surface area contributed by atoms with Crippen LogP contribution in [0.5, 0.6) is 5.75 Å². The number of halogens is 1. The van der Waals surface area contributed by atoms with E-state index in [1.165, 1.54) is 22.3 Å². The van der Waals surface area contributed by atoms with Crippen LogP contribution in [0.1, 0.15) is 22.6 Å². The van der Waals surface area contributed by atoms with E-state index in [2.05, 4.69) is 45.5 Å². The molecule has 0 bridgehead atoms. The minimum Gasteiger partial charge on any atom is -0.508 e. The normalized spacial score (nSPS) is 12.3. The minimum absolute atomic E-state index is 0.0317. The summed E-state index contributed by atoms with van der Waals surface area (Å²) in [5.74, 6) is 0.160. The zero-order chi connectivity index (χ0) is 18.8. The second-order valence-electron chi connectivity index (χ2n) is 6.45. The summed E-state index contributed by atoms with van der Waals surface area (Å²) < 4.78 is 6.27. The molecule has 136 valence electrons. The van der Waals surface area contributed by atoms with Crippen molar-refractivity contribution in [3.63, 3.8) is 0 Å². The number of carbonyl (C=O) groups excluding carboxylic acids is 1. The van der Waals surface area contributed by atoms with Gasteiger partial charge >= 0.3 is 6.09 Å². The van der Waals surface area contributed by atoms with Gasteiger partial charge in [-0.15, -0.1) is 0 Å². The molecule has 3 aromatic rings. The number of nitrogens with one attached hydrogen (secondary N) is 1. The Bertz CT molecular complexity index is 957. The first-order chi connectivity index (χ1) is 13.1. The van der Waals surface area contributed by atoms with Crippen molar-refractivity contribution >= 4 is 22.0 Å². The number of amides is 1. The smallest absolute Gasteiger partial charge is 0.407 e. The SMILES string of the molecule is O=C(NCc1ccc(Br)cc1O)OCC1c2ccccc2-c2ccccc21. The fraction of sp³-hybridized carbons (Fsp3) is 0.136. The fourth-order valence-corrected chi connectivity index (χ4v) is 3.85. The molecule has 0 saturated heterocycles. The summed E-state index contributed by atoms with van der Waals surface area (Å²) in [5.41, 5.74) is 5.38. The topological polar surface area (TPSA) is 58.6 Å². The molecular formula is C22H18BrNO3. The van der Waals surface area contributed by atoms with Gasteiger partial charge in [0.25, 0.3) is 0 Å². The first-order valence-electron chi connectivity index (χ1n) is 8.69. The van der Waals surface area contributed by atoms with Crippen molar-refractivity contribution in [2.24, 2.45) is 0 Å². The summed E-state index contributed by atoms with van der Waals surface area (Å²) in [6.07, 6.45) is -0.501. The van der Waals surface area contributed by atoms with Crippen LogP contribution in [0.25, 0.3) is 11.1 Å². The molecule has 0 fully saturated rings. The first-order valence-corrected chi connectivity index (χ1v) is 9.49. The summed E-state index contributed by atoms with van der Waals surface area (Å²) in [7, 11) is 0. The predicted molar refractivity (Wildman–Crippen MR) is 108 cm³/mol. The van der Waals surface area contributed by atoms with Gasteiger partial charge in [-0.2, -0.15) is 0 Å². The van der Waals surface area contributed by atoms with Gasteiger partial charge in [-0.3, -0.25) is 0 Å². The molecule has 1 aliphatic rings. The molecule has 2 N–H and O–H groups in total. The lowest BCUT2D eigenvalue weighted by Gasteiger charge is -2.15. The van der Waals surface area contributed by atoms with Crippen molar-refractivity contribution in [1.82, 2.24) is 5.32 Å². The zero-order valence-electron chi connectivity index (χ0n) is 14.5. The molecule has 3 aromatic carbocycles. The highest BCUT2D eigenvalue weighted by Gasteiger charge is 2.28. The van der Waals surface area contributed by atoms with Gasteiger partial charge in [-0.25, -0.2) is 4.79 Å². The molecule has 0 aromatic heterocycles. The molecule has 0 heterocycles. The largest absolute Gasteiger partial charge is 0.508 e. The van der Waals surface area contributed by atoms with E-state index in [1.807, 2.05) is 30.3 Å². The molecule has 0 aliphatic heterocycles. The highest BCUT2D eigenvalue weighted by Crippen LogP contribution is 2.44. The summed E-state index contributed by atoms with van der Waals surface area (Å²) in [6, 6.07) is 21.6. The molecule has 4 nitrogen and oxygen atoms in total. The number of phenolic OH excluding ortho intramolecular Hbond substituents is 1. The van der Waals surface area contributed by atoms with Crippen molar-refractivity contribution in [2.75, 3.05) is 6.61 Å². The Morgan fingerprint density at radius 3 is 2.26 bits per heavy atom. The average Bonchev–Trinajstić information content (AvgIpc) is 3.00. The van der Waals surface area contributed by atoms with Gasteiger partial charge in [0, 0.05) is 22.5 Å². The Morgan fingerprint density at radius 1 is 1.00 bits per heavy atom. The van der Waals surface area contributed by atoms with Crippen molar-refractivity contribution in [3.8, 4) is 16.9 Å². The molecule has 1 amide bonds. The van der Waals surface area contributed by atoms with Crippen LogP contribution in [0.4, 0.5) is 4.79 Å². The van der Waals surface area contributed by atoms with Crippen LogP contribution in [-0.2, 0) is 11.3 Å². The Kier molecular flexibility index (Phi) is 4.86. The quantitative estimate of drug-likeness (QED) is 0.606.